The normalized spacial score (nSPS) is 17.1. The summed E-state index contributed by atoms with van der Waals surface area (Å²) < 4.78 is 5.69. The van der Waals surface area contributed by atoms with Crippen LogP contribution in [0.2, 0.25) is 0 Å². The van der Waals surface area contributed by atoms with Crippen molar-refractivity contribution in [1.82, 2.24) is 30.1 Å². The number of hydrogen-bond acceptors (Lipinski definition) is 7. The van der Waals surface area contributed by atoms with E-state index in [1.165, 1.54) is 17.6 Å². The molecule has 1 saturated heterocycles. The van der Waals surface area contributed by atoms with Gasteiger partial charge in [0.05, 0.1) is 12.1 Å². The maximum atomic E-state index is 12.4. The van der Waals surface area contributed by atoms with E-state index in [-0.39, 0.29) is 19.9 Å². The third kappa shape index (κ3) is 3.85. The number of likely N-dealkylation sites (tertiary alicyclic amines) is 1. The monoisotopic (exact) mass is 397 g/mol. The lowest BCUT2D eigenvalue weighted by Gasteiger charge is -2.32. The summed E-state index contributed by atoms with van der Waals surface area (Å²) in [5.41, 5.74) is 2.75. The van der Waals surface area contributed by atoms with Gasteiger partial charge in [-0.1, -0.05) is 11.2 Å². The Morgan fingerprint density at radius 3 is 2.69 bits per heavy atom. The predicted octanol–water partition coefficient (Wildman–Crippen LogP) is 2.88. The van der Waals surface area contributed by atoms with Crippen molar-refractivity contribution >= 4 is 23.0 Å². The van der Waals surface area contributed by atoms with Gasteiger partial charge in [0.1, 0.15) is 11.0 Å². The number of nitrogens with zero attached hydrogens (tertiary/aromatic N) is 6. The maximum Gasteiger partial charge on any atom is 0.316 e. The smallest absolute Gasteiger partial charge is 0.316 e. The molecule has 2 fully saturated rings. The Balaban J connectivity index is 0.000000830. The van der Waals surface area contributed by atoms with E-state index in [0.29, 0.717) is 16.8 Å². The largest absolute Gasteiger partial charge is 0.403 e. The fourth-order valence-corrected chi connectivity index (χ4v) is 3.79. The van der Waals surface area contributed by atoms with Crippen LogP contribution in [0.1, 0.15) is 27.1 Å². The number of carbonyl (C=O) groups excluding carboxylic acids is 1. The molecule has 1 amide bonds. The number of piperidine rings is 1. The van der Waals surface area contributed by atoms with Crippen molar-refractivity contribution in [1.29, 1.82) is 0 Å². The van der Waals surface area contributed by atoms with Gasteiger partial charge in [0.25, 0.3) is 5.89 Å². The molecular formula is C20H27N7O2. The third-order valence-corrected chi connectivity index (χ3v) is 5.69. The molecule has 3 heterocycles. The second kappa shape index (κ2) is 7.65. The minimum absolute atomic E-state index is 0. The highest BCUT2D eigenvalue weighted by molar-refractivity contribution is 5.88. The van der Waals surface area contributed by atoms with Crippen LogP contribution in [0.3, 0.4) is 0 Å². The Labute approximate surface area is 170 Å². The van der Waals surface area contributed by atoms with E-state index >= 15 is 0 Å². The SMILES string of the molecule is C=C.Cn1nc2cccc(-c3nnc(NCC(=O)N4CCC5(CC4)CC5)o3)c2n1.[HH]. The highest BCUT2D eigenvalue weighted by Crippen LogP contribution is 2.53. The molecule has 3 aromatic rings. The summed E-state index contributed by atoms with van der Waals surface area (Å²) in [5, 5.41) is 19.7. The number of benzene rings is 1. The van der Waals surface area contributed by atoms with Crippen molar-refractivity contribution in [2.24, 2.45) is 12.5 Å². The molecule has 1 aliphatic carbocycles. The molecule has 1 aromatic carbocycles. The van der Waals surface area contributed by atoms with Gasteiger partial charge in [-0.2, -0.15) is 15.0 Å². The minimum atomic E-state index is 0. The summed E-state index contributed by atoms with van der Waals surface area (Å²) >= 11 is 0. The van der Waals surface area contributed by atoms with Crippen LogP contribution in [0.15, 0.2) is 35.8 Å². The van der Waals surface area contributed by atoms with Gasteiger partial charge in [0.15, 0.2) is 0 Å². The number of aromatic nitrogens is 5. The van der Waals surface area contributed by atoms with Gasteiger partial charge in [0, 0.05) is 21.6 Å². The molecule has 1 N–H and O–H groups in total. The quantitative estimate of drug-likeness (QED) is 0.675. The predicted molar refractivity (Wildman–Crippen MR) is 111 cm³/mol. The summed E-state index contributed by atoms with van der Waals surface area (Å²) in [6.07, 6.45) is 4.92. The molecule has 2 aromatic heterocycles. The van der Waals surface area contributed by atoms with E-state index in [1.807, 2.05) is 23.1 Å². The lowest BCUT2D eigenvalue weighted by molar-refractivity contribution is -0.130. The van der Waals surface area contributed by atoms with Crippen molar-refractivity contribution in [2.45, 2.75) is 25.7 Å². The Bertz CT molecular complexity index is 1020. The molecule has 154 valence electrons. The zero-order chi connectivity index (χ0) is 20.4. The van der Waals surface area contributed by atoms with E-state index in [9.17, 15) is 4.79 Å². The van der Waals surface area contributed by atoms with Crippen LogP contribution < -0.4 is 5.32 Å². The number of hydrogen-bond donors (Lipinski definition) is 1. The fourth-order valence-electron chi connectivity index (χ4n) is 3.79. The van der Waals surface area contributed by atoms with Crippen molar-refractivity contribution in [3.63, 3.8) is 0 Å². The van der Waals surface area contributed by atoms with E-state index in [0.717, 1.165) is 37.0 Å². The Hall–Kier alpha value is -3.23. The van der Waals surface area contributed by atoms with Crippen LogP contribution in [0.4, 0.5) is 6.01 Å². The number of anilines is 1. The fraction of sp³-hybridized carbons (Fsp3) is 0.450. The van der Waals surface area contributed by atoms with Crippen LogP contribution in [0.5, 0.6) is 0 Å². The standard InChI is InChI=1S/C18H21N7O2.C2H4.H2/c1-24-22-13-4-2-3-12(15(13)23-24)16-20-21-17(27-16)19-11-14(26)25-9-7-18(5-6-18)8-10-25;1-2;/h2-4H,5-11H2,1H3,(H,19,21);1-2H2;1H. The minimum Gasteiger partial charge on any atom is -0.403 e. The number of nitrogens with one attached hydrogen (secondary N) is 1. The second-order valence-corrected chi connectivity index (χ2v) is 7.51. The molecule has 1 aliphatic heterocycles. The lowest BCUT2D eigenvalue weighted by Crippen LogP contribution is -2.41. The number of rotatable bonds is 4. The van der Waals surface area contributed by atoms with E-state index in [4.69, 9.17) is 4.42 Å². The van der Waals surface area contributed by atoms with Crippen molar-refractivity contribution in [2.75, 3.05) is 25.0 Å². The highest BCUT2D eigenvalue weighted by Gasteiger charge is 2.44. The topological polar surface area (TPSA) is 102 Å². The summed E-state index contributed by atoms with van der Waals surface area (Å²) in [6, 6.07) is 5.84. The molecule has 0 unspecified atom stereocenters. The molecule has 0 radical (unpaired) electrons. The highest BCUT2D eigenvalue weighted by atomic mass is 16.4. The zero-order valence-electron chi connectivity index (χ0n) is 16.6. The number of carbonyl (C=O) groups is 1. The molecule has 9 nitrogen and oxygen atoms in total. The molecule has 1 spiro atoms. The number of aryl methyl sites for hydroxylation is 1. The first-order chi connectivity index (χ1) is 14.1. The second-order valence-electron chi connectivity index (χ2n) is 7.51. The summed E-state index contributed by atoms with van der Waals surface area (Å²) in [7, 11) is 1.77. The van der Waals surface area contributed by atoms with Crippen LogP contribution in [0.25, 0.3) is 22.5 Å². The number of fused-ring (bicyclic) bond motifs is 1. The van der Waals surface area contributed by atoms with Gasteiger partial charge in [-0.25, -0.2) is 0 Å². The van der Waals surface area contributed by atoms with Gasteiger partial charge in [-0.05, 0) is 43.2 Å². The molecule has 9 heteroatoms. The van der Waals surface area contributed by atoms with E-state index in [2.05, 4.69) is 38.9 Å². The van der Waals surface area contributed by atoms with Crippen LogP contribution in [-0.4, -0.2) is 55.6 Å². The summed E-state index contributed by atoms with van der Waals surface area (Å²) in [5.74, 6) is 0.422. The molecule has 2 aliphatic rings. The summed E-state index contributed by atoms with van der Waals surface area (Å²) in [4.78, 5) is 15.8. The Morgan fingerprint density at radius 2 is 1.97 bits per heavy atom. The van der Waals surface area contributed by atoms with Crippen molar-refractivity contribution in [3.8, 4) is 11.5 Å². The van der Waals surface area contributed by atoms with Gasteiger partial charge in [-0.3, -0.25) is 4.79 Å². The lowest BCUT2D eigenvalue weighted by atomic mass is 9.94. The van der Waals surface area contributed by atoms with Gasteiger partial charge >= 0.3 is 6.01 Å². The first-order valence-corrected chi connectivity index (χ1v) is 9.78. The van der Waals surface area contributed by atoms with Gasteiger partial charge in [-0.15, -0.1) is 18.3 Å². The summed E-state index contributed by atoms with van der Waals surface area (Å²) in [6.45, 7) is 7.86. The Kier molecular flexibility index (Phi) is 5.04. The van der Waals surface area contributed by atoms with E-state index in [1.54, 1.807) is 7.05 Å². The van der Waals surface area contributed by atoms with Crippen LogP contribution in [-0.2, 0) is 11.8 Å². The first-order valence-electron chi connectivity index (χ1n) is 9.78. The van der Waals surface area contributed by atoms with Crippen LogP contribution in [0, 0.1) is 5.41 Å². The van der Waals surface area contributed by atoms with Gasteiger partial charge in [0.2, 0.25) is 5.91 Å². The maximum absolute atomic E-state index is 12.4. The molecule has 0 atom stereocenters. The molecule has 1 saturated carbocycles. The Morgan fingerprint density at radius 1 is 1.21 bits per heavy atom. The molecule has 5 rings (SSSR count). The first kappa shape index (κ1) is 19.1. The van der Waals surface area contributed by atoms with Gasteiger partial charge < -0.3 is 14.6 Å². The average Bonchev–Trinajstić information content (AvgIpc) is 3.16. The average molecular weight is 397 g/mol. The van der Waals surface area contributed by atoms with Crippen molar-refractivity contribution in [3.05, 3.63) is 31.4 Å². The van der Waals surface area contributed by atoms with E-state index < -0.39 is 0 Å². The third-order valence-electron chi connectivity index (χ3n) is 5.69. The molecule has 0 bridgehead atoms. The zero-order valence-corrected chi connectivity index (χ0v) is 16.6. The molecular weight excluding hydrogens is 370 g/mol. The van der Waals surface area contributed by atoms with Crippen LogP contribution >= 0.6 is 0 Å². The number of amides is 1. The molecule has 29 heavy (non-hydrogen) atoms. The van der Waals surface area contributed by atoms with Crippen molar-refractivity contribution < 1.29 is 10.6 Å².